The molecule has 0 spiro atoms. The summed E-state index contributed by atoms with van der Waals surface area (Å²) >= 11 is 0. The predicted octanol–water partition coefficient (Wildman–Crippen LogP) is 1.81. The van der Waals surface area contributed by atoms with E-state index in [-0.39, 0.29) is 11.9 Å². The van der Waals surface area contributed by atoms with Crippen LogP contribution in [-0.2, 0) is 10.3 Å². The standard InChI is InChI=1S/C16H23N3O2/c1-4-16(13-7-6-11(2)10-12(13)3)14(20)19(9-5-8-17)15(21)18-16/h6-7,10H,4-5,8-9,17H2,1-3H3,(H,18,21). The first-order valence-corrected chi connectivity index (χ1v) is 7.38. The summed E-state index contributed by atoms with van der Waals surface area (Å²) in [5.74, 6) is -0.171. The van der Waals surface area contributed by atoms with Gasteiger partial charge in [-0.2, -0.15) is 0 Å². The quantitative estimate of drug-likeness (QED) is 0.812. The third-order valence-corrected chi connectivity index (χ3v) is 4.13. The summed E-state index contributed by atoms with van der Waals surface area (Å²) in [7, 11) is 0. The van der Waals surface area contributed by atoms with Crippen molar-refractivity contribution in [2.24, 2.45) is 5.73 Å². The Bertz CT molecular complexity index is 571. The molecule has 1 aliphatic heterocycles. The number of rotatable bonds is 5. The molecule has 0 radical (unpaired) electrons. The lowest BCUT2D eigenvalue weighted by Gasteiger charge is -2.27. The van der Waals surface area contributed by atoms with Gasteiger partial charge in [-0.15, -0.1) is 0 Å². The third kappa shape index (κ3) is 2.53. The summed E-state index contributed by atoms with van der Waals surface area (Å²) in [6.07, 6.45) is 1.15. The summed E-state index contributed by atoms with van der Waals surface area (Å²) < 4.78 is 0. The molecule has 5 heteroatoms. The maximum absolute atomic E-state index is 12.8. The minimum atomic E-state index is -0.941. The Balaban J connectivity index is 2.42. The second-order valence-electron chi connectivity index (χ2n) is 5.61. The van der Waals surface area contributed by atoms with E-state index in [4.69, 9.17) is 5.73 Å². The van der Waals surface area contributed by atoms with Crippen LogP contribution in [0.4, 0.5) is 4.79 Å². The molecule has 3 N–H and O–H groups in total. The molecule has 3 amide bonds. The zero-order chi connectivity index (χ0) is 15.6. The van der Waals surface area contributed by atoms with E-state index in [9.17, 15) is 9.59 Å². The second-order valence-corrected chi connectivity index (χ2v) is 5.61. The van der Waals surface area contributed by atoms with Gasteiger partial charge in [0.2, 0.25) is 0 Å². The zero-order valence-electron chi connectivity index (χ0n) is 12.9. The number of amides is 3. The molecule has 0 aromatic heterocycles. The number of hydrogen-bond donors (Lipinski definition) is 2. The number of imide groups is 1. The Labute approximate surface area is 125 Å². The number of carbonyl (C=O) groups excluding carboxylic acids is 2. The van der Waals surface area contributed by atoms with E-state index >= 15 is 0 Å². The molecule has 1 aromatic rings. The molecule has 1 aromatic carbocycles. The molecule has 0 saturated carbocycles. The minimum absolute atomic E-state index is 0.171. The van der Waals surface area contributed by atoms with E-state index in [0.717, 1.165) is 16.7 Å². The fourth-order valence-corrected chi connectivity index (χ4v) is 2.98. The maximum atomic E-state index is 12.8. The summed E-state index contributed by atoms with van der Waals surface area (Å²) in [4.78, 5) is 26.3. The summed E-state index contributed by atoms with van der Waals surface area (Å²) in [5, 5.41) is 2.90. The van der Waals surface area contributed by atoms with Gasteiger partial charge in [0, 0.05) is 6.54 Å². The van der Waals surface area contributed by atoms with Gasteiger partial charge in [-0.25, -0.2) is 4.79 Å². The van der Waals surface area contributed by atoms with E-state index in [0.29, 0.717) is 25.9 Å². The Morgan fingerprint density at radius 1 is 1.29 bits per heavy atom. The molecule has 1 aliphatic rings. The van der Waals surface area contributed by atoms with Crippen molar-refractivity contribution in [3.63, 3.8) is 0 Å². The van der Waals surface area contributed by atoms with Gasteiger partial charge in [0.15, 0.2) is 0 Å². The van der Waals surface area contributed by atoms with Crippen LogP contribution in [0.3, 0.4) is 0 Å². The van der Waals surface area contributed by atoms with Crippen molar-refractivity contribution in [3.8, 4) is 0 Å². The number of carbonyl (C=O) groups is 2. The molecular formula is C16H23N3O2. The molecule has 5 nitrogen and oxygen atoms in total. The predicted molar refractivity (Wildman–Crippen MR) is 81.8 cm³/mol. The summed E-state index contributed by atoms with van der Waals surface area (Å²) in [6, 6.07) is 5.63. The van der Waals surface area contributed by atoms with Crippen molar-refractivity contribution in [3.05, 3.63) is 34.9 Å². The van der Waals surface area contributed by atoms with Crippen LogP contribution in [0.5, 0.6) is 0 Å². The van der Waals surface area contributed by atoms with Gasteiger partial charge in [-0.05, 0) is 44.4 Å². The second kappa shape index (κ2) is 5.85. The first-order chi connectivity index (χ1) is 9.96. The van der Waals surface area contributed by atoms with Crippen LogP contribution in [0.1, 0.15) is 36.5 Å². The molecule has 1 fully saturated rings. The van der Waals surface area contributed by atoms with E-state index in [1.54, 1.807) is 0 Å². The van der Waals surface area contributed by atoms with Gasteiger partial charge in [-0.3, -0.25) is 9.69 Å². The minimum Gasteiger partial charge on any atom is -0.330 e. The SMILES string of the molecule is CCC1(c2ccc(C)cc2C)NC(=O)N(CCCN)C1=O. The van der Waals surface area contributed by atoms with Crippen LogP contribution in [-0.4, -0.2) is 29.9 Å². The summed E-state index contributed by atoms with van der Waals surface area (Å²) in [5.41, 5.74) is 7.58. The zero-order valence-corrected chi connectivity index (χ0v) is 12.9. The molecule has 2 rings (SSSR count). The van der Waals surface area contributed by atoms with E-state index in [1.165, 1.54) is 4.90 Å². The van der Waals surface area contributed by atoms with Crippen molar-refractivity contribution in [2.45, 2.75) is 39.2 Å². The van der Waals surface area contributed by atoms with Gasteiger partial charge in [0.25, 0.3) is 5.91 Å². The maximum Gasteiger partial charge on any atom is 0.325 e. The largest absolute Gasteiger partial charge is 0.330 e. The molecule has 1 saturated heterocycles. The smallest absolute Gasteiger partial charge is 0.325 e. The fourth-order valence-electron chi connectivity index (χ4n) is 2.98. The van der Waals surface area contributed by atoms with Crippen molar-refractivity contribution in [2.75, 3.05) is 13.1 Å². The molecule has 0 aliphatic carbocycles. The van der Waals surface area contributed by atoms with Crippen molar-refractivity contribution in [1.29, 1.82) is 0 Å². The third-order valence-electron chi connectivity index (χ3n) is 4.13. The van der Waals surface area contributed by atoms with Crippen LogP contribution in [0, 0.1) is 13.8 Å². The number of hydrogen-bond acceptors (Lipinski definition) is 3. The topological polar surface area (TPSA) is 75.4 Å². The van der Waals surface area contributed by atoms with Crippen LogP contribution >= 0.6 is 0 Å². The normalized spacial score (nSPS) is 21.8. The average molecular weight is 289 g/mol. The molecule has 0 bridgehead atoms. The Kier molecular flexibility index (Phi) is 4.32. The molecular weight excluding hydrogens is 266 g/mol. The van der Waals surface area contributed by atoms with Crippen molar-refractivity contribution in [1.82, 2.24) is 10.2 Å². The highest BCUT2D eigenvalue weighted by molar-refractivity contribution is 6.07. The fraction of sp³-hybridized carbons (Fsp3) is 0.500. The van der Waals surface area contributed by atoms with Gasteiger partial charge in [0.05, 0.1) is 0 Å². The highest BCUT2D eigenvalue weighted by Crippen LogP contribution is 2.34. The van der Waals surface area contributed by atoms with Crippen molar-refractivity contribution < 1.29 is 9.59 Å². The molecule has 21 heavy (non-hydrogen) atoms. The van der Waals surface area contributed by atoms with Crippen LogP contribution in [0.25, 0.3) is 0 Å². The highest BCUT2D eigenvalue weighted by Gasteiger charge is 2.51. The average Bonchev–Trinajstić information content (AvgIpc) is 2.69. The first-order valence-electron chi connectivity index (χ1n) is 7.38. The van der Waals surface area contributed by atoms with Gasteiger partial charge < -0.3 is 11.1 Å². The van der Waals surface area contributed by atoms with Crippen LogP contribution in [0.15, 0.2) is 18.2 Å². The number of nitrogens with two attached hydrogens (primary N) is 1. The monoisotopic (exact) mass is 289 g/mol. The lowest BCUT2D eigenvalue weighted by Crippen LogP contribution is -2.44. The number of nitrogens with one attached hydrogen (secondary N) is 1. The number of urea groups is 1. The van der Waals surface area contributed by atoms with Crippen molar-refractivity contribution >= 4 is 11.9 Å². The number of nitrogens with zero attached hydrogens (tertiary/aromatic N) is 1. The first kappa shape index (κ1) is 15.5. The number of aryl methyl sites for hydroxylation is 2. The Hall–Kier alpha value is -1.88. The molecule has 114 valence electrons. The molecule has 1 unspecified atom stereocenters. The summed E-state index contributed by atoms with van der Waals surface area (Å²) in [6.45, 7) is 6.73. The number of benzene rings is 1. The van der Waals surface area contributed by atoms with Gasteiger partial charge in [0.1, 0.15) is 5.54 Å². The highest BCUT2D eigenvalue weighted by atomic mass is 16.2. The molecule has 1 heterocycles. The van der Waals surface area contributed by atoms with E-state index in [1.807, 2.05) is 39.0 Å². The van der Waals surface area contributed by atoms with Crippen LogP contribution in [0.2, 0.25) is 0 Å². The van der Waals surface area contributed by atoms with Gasteiger partial charge >= 0.3 is 6.03 Å². The lowest BCUT2D eigenvalue weighted by molar-refractivity contribution is -0.131. The van der Waals surface area contributed by atoms with E-state index < -0.39 is 5.54 Å². The van der Waals surface area contributed by atoms with Gasteiger partial charge in [-0.1, -0.05) is 30.7 Å². The van der Waals surface area contributed by atoms with E-state index in [2.05, 4.69) is 5.32 Å². The molecule has 1 atom stereocenters. The Morgan fingerprint density at radius 2 is 2.00 bits per heavy atom. The lowest BCUT2D eigenvalue weighted by atomic mass is 9.84. The van der Waals surface area contributed by atoms with Crippen LogP contribution < -0.4 is 11.1 Å². The Morgan fingerprint density at radius 3 is 2.57 bits per heavy atom.